The van der Waals surface area contributed by atoms with E-state index in [1.165, 1.54) is 24.8 Å². The van der Waals surface area contributed by atoms with Crippen molar-refractivity contribution >= 4 is 10.9 Å². The third kappa shape index (κ3) is 5.36. The molecule has 8 heteroatoms. The average Bonchev–Trinajstić information content (AvgIpc) is 3.40. The Hall–Kier alpha value is -3.52. The fraction of sp³-hybridized carbons (Fsp3) is 0.467. The van der Waals surface area contributed by atoms with Crippen molar-refractivity contribution in [1.82, 2.24) is 30.1 Å². The number of aromatic nitrogens is 5. The average molecular weight is 515 g/mol. The van der Waals surface area contributed by atoms with Gasteiger partial charge in [0.2, 0.25) is 0 Å². The van der Waals surface area contributed by atoms with E-state index in [1.807, 2.05) is 28.9 Å². The van der Waals surface area contributed by atoms with Gasteiger partial charge in [-0.15, -0.1) is 5.10 Å². The van der Waals surface area contributed by atoms with Gasteiger partial charge in [0, 0.05) is 18.2 Å². The zero-order chi connectivity index (χ0) is 26.6. The van der Waals surface area contributed by atoms with Crippen LogP contribution in [0.25, 0.3) is 10.9 Å². The zero-order valence-electron chi connectivity index (χ0n) is 22.9. The highest BCUT2D eigenvalue weighted by molar-refractivity contribution is 5.83. The fourth-order valence-electron chi connectivity index (χ4n) is 5.82. The van der Waals surface area contributed by atoms with E-state index < -0.39 is 0 Å². The maximum atomic E-state index is 13.3. The predicted octanol–water partition coefficient (Wildman–Crippen LogP) is 5.47. The monoisotopic (exact) mass is 514 g/mol. The number of ether oxygens (including phenoxy) is 1. The van der Waals surface area contributed by atoms with E-state index in [9.17, 15) is 4.79 Å². The van der Waals surface area contributed by atoms with Crippen LogP contribution in [0, 0.1) is 13.8 Å². The quantitative estimate of drug-likeness (QED) is 0.318. The van der Waals surface area contributed by atoms with Crippen LogP contribution in [0.3, 0.4) is 0 Å². The Balaban J connectivity index is 1.49. The lowest BCUT2D eigenvalue weighted by Gasteiger charge is -2.39. The van der Waals surface area contributed by atoms with Crippen LogP contribution in [0.15, 0.2) is 47.3 Å². The number of fused-ring (bicyclic) bond motifs is 1. The number of nitrogens with zero attached hydrogens (tertiary/aromatic N) is 5. The summed E-state index contributed by atoms with van der Waals surface area (Å²) >= 11 is 0. The van der Waals surface area contributed by atoms with Crippen molar-refractivity contribution in [3.63, 3.8) is 0 Å². The number of hydrogen-bond donors (Lipinski definition) is 1. The molecule has 1 atom stereocenters. The molecule has 1 N–H and O–H groups in total. The van der Waals surface area contributed by atoms with Crippen molar-refractivity contribution in [2.75, 3.05) is 7.11 Å². The maximum absolute atomic E-state index is 13.3. The van der Waals surface area contributed by atoms with E-state index in [0.29, 0.717) is 19.1 Å². The van der Waals surface area contributed by atoms with Crippen LogP contribution in [0.5, 0.6) is 5.75 Å². The lowest BCUT2D eigenvalue weighted by atomic mass is 9.92. The Bertz CT molecular complexity index is 1440. The number of benzene rings is 2. The number of methoxy groups -OCH3 is 1. The van der Waals surface area contributed by atoms with Gasteiger partial charge in [0.25, 0.3) is 5.56 Å². The lowest BCUT2D eigenvalue weighted by Crippen LogP contribution is -2.41. The summed E-state index contributed by atoms with van der Waals surface area (Å²) in [5.41, 5.74) is 5.12. The summed E-state index contributed by atoms with van der Waals surface area (Å²) in [6, 6.07) is 14.7. The number of nitrogens with one attached hydrogen (secondary N) is 1. The first kappa shape index (κ1) is 26.1. The van der Waals surface area contributed by atoms with Crippen LogP contribution in [0.1, 0.15) is 79.6 Å². The molecule has 0 amide bonds. The molecule has 4 aromatic rings. The number of rotatable bonds is 9. The number of pyridine rings is 1. The Morgan fingerprint density at radius 3 is 2.58 bits per heavy atom. The first-order chi connectivity index (χ1) is 18.5. The largest absolute Gasteiger partial charge is 0.497 e. The van der Waals surface area contributed by atoms with Gasteiger partial charge in [-0.2, -0.15) is 0 Å². The van der Waals surface area contributed by atoms with Gasteiger partial charge >= 0.3 is 0 Å². The highest BCUT2D eigenvalue weighted by atomic mass is 16.5. The molecule has 0 aliphatic heterocycles. The third-order valence-electron chi connectivity index (χ3n) is 8.16. The highest BCUT2D eigenvalue weighted by Crippen LogP contribution is 2.33. The molecule has 5 rings (SSSR count). The Labute approximate surface area is 224 Å². The molecule has 2 aromatic heterocycles. The molecule has 0 spiro atoms. The molecule has 1 aliphatic carbocycles. The van der Waals surface area contributed by atoms with E-state index in [2.05, 4.69) is 64.4 Å². The number of tetrazole rings is 1. The second-order valence-electron chi connectivity index (χ2n) is 10.5. The fourth-order valence-corrected chi connectivity index (χ4v) is 5.82. The van der Waals surface area contributed by atoms with Crippen molar-refractivity contribution in [3.8, 4) is 5.75 Å². The van der Waals surface area contributed by atoms with Crippen molar-refractivity contribution in [2.24, 2.45) is 0 Å². The van der Waals surface area contributed by atoms with Gasteiger partial charge in [0.15, 0.2) is 5.82 Å². The SMILES string of the molecule is CCC(c1nnnn1Cc1ccc(OC)cc1)N(Cc1cc2ccc(C)c(C)c2[nH]c1=O)C1CCCCC1. The molecule has 1 saturated carbocycles. The molecule has 1 unspecified atom stereocenters. The molecule has 0 saturated heterocycles. The van der Waals surface area contributed by atoms with Crippen LogP contribution in [-0.2, 0) is 13.1 Å². The van der Waals surface area contributed by atoms with Gasteiger partial charge in [0.1, 0.15) is 5.75 Å². The molecular formula is C30H38N6O2. The smallest absolute Gasteiger partial charge is 0.252 e. The molecule has 200 valence electrons. The van der Waals surface area contributed by atoms with E-state index in [4.69, 9.17) is 4.74 Å². The van der Waals surface area contributed by atoms with E-state index in [-0.39, 0.29) is 11.6 Å². The first-order valence-corrected chi connectivity index (χ1v) is 13.7. The summed E-state index contributed by atoms with van der Waals surface area (Å²) in [6.45, 7) is 7.47. The molecule has 0 bridgehead atoms. The predicted molar refractivity (Wildman–Crippen MR) is 149 cm³/mol. The van der Waals surface area contributed by atoms with E-state index >= 15 is 0 Å². The zero-order valence-corrected chi connectivity index (χ0v) is 22.9. The van der Waals surface area contributed by atoms with Crippen LogP contribution in [-0.4, -0.2) is 43.2 Å². The molecule has 1 fully saturated rings. The first-order valence-electron chi connectivity index (χ1n) is 13.7. The number of aromatic amines is 1. The molecule has 2 aromatic carbocycles. The van der Waals surface area contributed by atoms with Crippen LogP contribution in [0.4, 0.5) is 0 Å². The summed E-state index contributed by atoms with van der Waals surface area (Å²) in [4.78, 5) is 19.0. The summed E-state index contributed by atoms with van der Waals surface area (Å²) in [5, 5.41) is 14.0. The summed E-state index contributed by atoms with van der Waals surface area (Å²) < 4.78 is 7.21. The van der Waals surface area contributed by atoms with Crippen LogP contribution < -0.4 is 10.3 Å². The van der Waals surface area contributed by atoms with Gasteiger partial charge in [-0.25, -0.2) is 4.68 Å². The molecule has 8 nitrogen and oxygen atoms in total. The van der Waals surface area contributed by atoms with Crippen molar-refractivity contribution in [3.05, 3.63) is 80.9 Å². The Morgan fingerprint density at radius 2 is 1.87 bits per heavy atom. The lowest BCUT2D eigenvalue weighted by molar-refractivity contribution is 0.0844. The Kier molecular flexibility index (Phi) is 7.88. The summed E-state index contributed by atoms with van der Waals surface area (Å²) in [6.07, 6.45) is 6.79. The summed E-state index contributed by atoms with van der Waals surface area (Å²) in [7, 11) is 1.67. The van der Waals surface area contributed by atoms with Gasteiger partial charge in [-0.1, -0.05) is 50.5 Å². The van der Waals surface area contributed by atoms with Crippen molar-refractivity contribution in [2.45, 2.75) is 84.5 Å². The number of aryl methyl sites for hydroxylation is 2. The maximum Gasteiger partial charge on any atom is 0.252 e. The minimum absolute atomic E-state index is 0.00111. The van der Waals surface area contributed by atoms with Crippen molar-refractivity contribution in [1.29, 1.82) is 0 Å². The van der Waals surface area contributed by atoms with E-state index in [1.54, 1.807) is 7.11 Å². The van der Waals surface area contributed by atoms with Gasteiger partial charge in [-0.05, 0) is 83.8 Å². The van der Waals surface area contributed by atoms with Crippen molar-refractivity contribution < 1.29 is 4.74 Å². The van der Waals surface area contributed by atoms with Crippen LogP contribution >= 0.6 is 0 Å². The van der Waals surface area contributed by atoms with Crippen LogP contribution in [0.2, 0.25) is 0 Å². The number of hydrogen-bond acceptors (Lipinski definition) is 6. The second-order valence-corrected chi connectivity index (χ2v) is 10.5. The third-order valence-corrected chi connectivity index (χ3v) is 8.16. The normalized spacial score (nSPS) is 15.3. The minimum Gasteiger partial charge on any atom is -0.497 e. The highest BCUT2D eigenvalue weighted by Gasteiger charge is 2.32. The summed E-state index contributed by atoms with van der Waals surface area (Å²) in [5.74, 6) is 1.67. The van der Waals surface area contributed by atoms with E-state index in [0.717, 1.165) is 58.4 Å². The van der Waals surface area contributed by atoms with Gasteiger partial charge in [0.05, 0.1) is 25.2 Å². The topological polar surface area (TPSA) is 88.9 Å². The minimum atomic E-state index is -0.0142. The van der Waals surface area contributed by atoms with Gasteiger partial charge in [-0.3, -0.25) is 9.69 Å². The second kappa shape index (κ2) is 11.5. The standard InChI is InChI=1S/C30H38N6O2/c1-5-27(29-32-33-34-36(29)18-22-12-15-26(38-4)16-13-22)35(25-9-7-6-8-10-25)19-24-17-23-14-11-20(2)21(3)28(23)31-30(24)37/h11-17,25,27H,5-10,18-19H2,1-4H3,(H,31,37). The molecule has 2 heterocycles. The molecule has 0 radical (unpaired) electrons. The Morgan fingerprint density at radius 1 is 1.11 bits per heavy atom. The molecule has 1 aliphatic rings. The number of H-pyrrole nitrogens is 1. The van der Waals surface area contributed by atoms with Gasteiger partial charge < -0.3 is 9.72 Å². The molecular weight excluding hydrogens is 476 g/mol. The molecule has 38 heavy (non-hydrogen) atoms.